The standard InChI is InChI=1S/C15H28N4OS.HI/c1-11(2)13-10-19(7-8-21-13)15(17-12-5-6-12)16-9-14(20)18(3)4;/h11-13H,5-10H2,1-4H3,(H,16,17);1H. The molecule has 2 fully saturated rings. The van der Waals surface area contributed by atoms with Crippen LogP contribution in [0.3, 0.4) is 0 Å². The van der Waals surface area contributed by atoms with Gasteiger partial charge >= 0.3 is 0 Å². The van der Waals surface area contributed by atoms with Crippen molar-refractivity contribution in [1.82, 2.24) is 15.1 Å². The van der Waals surface area contributed by atoms with E-state index >= 15 is 0 Å². The maximum absolute atomic E-state index is 11.8. The Kier molecular flexibility index (Phi) is 8.31. The minimum Gasteiger partial charge on any atom is -0.353 e. The fourth-order valence-corrected chi connectivity index (χ4v) is 3.50. The maximum Gasteiger partial charge on any atom is 0.243 e. The molecule has 1 atom stereocenters. The third kappa shape index (κ3) is 6.14. The van der Waals surface area contributed by atoms with Crippen LogP contribution in [0.4, 0.5) is 0 Å². The molecule has 1 amide bonds. The molecule has 0 aromatic rings. The number of likely N-dealkylation sites (N-methyl/N-ethyl adjacent to an activating group) is 1. The number of guanidine groups is 1. The van der Waals surface area contributed by atoms with Gasteiger partial charge in [0.1, 0.15) is 6.54 Å². The molecule has 1 saturated heterocycles. The van der Waals surface area contributed by atoms with E-state index in [0.717, 1.165) is 24.8 Å². The van der Waals surface area contributed by atoms with E-state index in [1.807, 2.05) is 0 Å². The van der Waals surface area contributed by atoms with Gasteiger partial charge < -0.3 is 15.1 Å². The summed E-state index contributed by atoms with van der Waals surface area (Å²) in [5, 5.41) is 4.16. The van der Waals surface area contributed by atoms with Crippen molar-refractivity contribution in [2.75, 3.05) is 39.5 Å². The molecule has 1 unspecified atom stereocenters. The molecule has 0 bridgehead atoms. The van der Waals surface area contributed by atoms with Gasteiger partial charge in [-0.25, -0.2) is 4.99 Å². The van der Waals surface area contributed by atoms with Crippen LogP contribution in [0.2, 0.25) is 0 Å². The highest BCUT2D eigenvalue weighted by molar-refractivity contribution is 14.0. The fourth-order valence-electron chi connectivity index (χ4n) is 2.20. The molecule has 2 rings (SSSR count). The first kappa shape index (κ1) is 19.9. The van der Waals surface area contributed by atoms with Crippen LogP contribution in [0, 0.1) is 5.92 Å². The first-order valence-corrected chi connectivity index (χ1v) is 8.90. The number of carbonyl (C=O) groups is 1. The maximum atomic E-state index is 11.8. The molecular formula is C15H29IN4OS. The molecule has 2 aliphatic rings. The highest BCUT2D eigenvalue weighted by Gasteiger charge is 2.29. The normalized spacial score (nSPS) is 22.3. The fraction of sp³-hybridized carbons (Fsp3) is 0.867. The Labute approximate surface area is 155 Å². The monoisotopic (exact) mass is 440 g/mol. The average Bonchev–Trinajstić information content (AvgIpc) is 3.27. The summed E-state index contributed by atoms with van der Waals surface area (Å²) in [5.41, 5.74) is 0. The predicted molar refractivity (Wildman–Crippen MR) is 105 cm³/mol. The summed E-state index contributed by atoms with van der Waals surface area (Å²) in [6, 6.07) is 0.560. The van der Waals surface area contributed by atoms with Crippen molar-refractivity contribution in [3.05, 3.63) is 0 Å². The average molecular weight is 440 g/mol. The molecule has 22 heavy (non-hydrogen) atoms. The van der Waals surface area contributed by atoms with E-state index in [4.69, 9.17) is 0 Å². The molecule has 0 aromatic carbocycles. The van der Waals surface area contributed by atoms with Crippen LogP contribution in [0.15, 0.2) is 4.99 Å². The molecule has 0 aromatic heterocycles. The topological polar surface area (TPSA) is 47.9 Å². The molecule has 1 aliphatic heterocycles. The van der Waals surface area contributed by atoms with Crippen molar-refractivity contribution in [3.8, 4) is 0 Å². The Morgan fingerprint density at radius 2 is 2.09 bits per heavy atom. The van der Waals surface area contributed by atoms with Gasteiger partial charge in [-0.1, -0.05) is 13.8 Å². The zero-order valence-corrected chi connectivity index (χ0v) is 17.2. The Morgan fingerprint density at radius 3 is 2.64 bits per heavy atom. The lowest BCUT2D eigenvalue weighted by molar-refractivity contribution is -0.127. The summed E-state index contributed by atoms with van der Waals surface area (Å²) in [6.45, 7) is 6.83. The number of rotatable bonds is 4. The first-order valence-electron chi connectivity index (χ1n) is 7.85. The quantitative estimate of drug-likeness (QED) is 0.412. The zero-order valence-electron chi connectivity index (χ0n) is 14.0. The van der Waals surface area contributed by atoms with Gasteiger partial charge in [-0.2, -0.15) is 11.8 Å². The first-order chi connectivity index (χ1) is 9.97. The van der Waals surface area contributed by atoms with Crippen molar-refractivity contribution in [1.29, 1.82) is 0 Å². The number of halogens is 1. The van der Waals surface area contributed by atoms with Crippen LogP contribution >= 0.6 is 35.7 Å². The number of aliphatic imine (C=N–C) groups is 1. The lowest BCUT2D eigenvalue weighted by Gasteiger charge is -2.36. The third-order valence-electron chi connectivity index (χ3n) is 3.91. The number of nitrogens with zero attached hydrogens (tertiary/aromatic N) is 3. The van der Waals surface area contributed by atoms with Crippen LogP contribution in [0.5, 0.6) is 0 Å². The second-order valence-corrected chi connectivity index (χ2v) is 7.79. The third-order valence-corrected chi connectivity index (χ3v) is 5.45. The minimum absolute atomic E-state index is 0. The number of carbonyl (C=O) groups excluding carboxylic acids is 1. The molecule has 5 nitrogen and oxygen atoms in total. The molecule has 0 radical (unpaired) electrons. The van der Waals surface area contributed by atoms with Crippen LogP contribution in [0.1, 0.15) is 26.7 Å². The Bertz CT molecular complexity index is 399. The molecule has 1 N–H and O–H groups in total. The van der Waals surface area contributed by atoms with E-state index in [9.17, 15) is 4.79 Å². The summed E-state index contributed by atoms with van der Waals surface area (Å²) in [4.78, 5) is 20.3. The van der Waals surface area contributed by atoms with Crippen LogP contribution in [-0.2, 0) is 4.79 Å². The number of hydrogen-bond donors (Lipinski definition) is 1. The highest BCUT2D eigenvalue weighted by Crippen LogP contribution is 2.26. The van der Waals surface area contributed by atoms with E-state index in [1.165, 1.54) is 12.8 Å². The number of nitrogens with one attached hydrogen (secondary N) is 1. The smallest absolute Gasteiger partial charge is 0.243 e. The van der Waals surface area contributed by atoms with Crippen LogP contribution in [-0.4, -0.2) is 72.4 Å². The van der Waals surface area contributed by atoms with E-state index in [-0.39, 0.29) is 36.4 Å². The summed E-state index contributed by atoms with van der Waals surface area (Å²) in [6.07, 6.45) is 2.44. The Hall–Kier alpha value is -0.180. The van der Waals surface area contributed by atoms with Crippen molar-refractivity contribution in [2.45, 2.75) is 38.0 Å². The van der Waals surface area contributed by atoms with Gasteiger partial charge in [0.15, 0.2) is 5.96 Å². The van der Waals surface area contributed by atoms with Crippen molar-refractivity contribution >= 4 is 47.6 Å². The van der Waals surface area contributed by atoms with Gasteiger partial charge in [0, 0.05) is 44.2 Å². The second kappa shape index (κ2) is 9.20. The minimum atomic E-state index is 0. The number of amides is 1. The summed E-state index contributed by atoms with van der Waals surface area (Å²) in [5.74, 6) is 2.79. The van der Waals surface area contributed by atoms with Crippen LogP contribution in [0.25, 0.3) is 0 Å². The molecule has 128 valence electrons. The Morgan fingerprint density at radius 1 is 1.41 bits per heavy atom. The van der Waals surface area contributed by atoms with Gasteiger partial charge in [0.05, 0.1) is 0 Å². The molecule has 7 heteroatoms. The summed E-state index contributed by atoms with van der Waals surface area (Å²) in [7, 11) is 3.55. The molecule has 0 spiro atoms. The van der Waals surface area contributed by atoms with E-state index < -0.39 is 0 Å². The zero-order chi connectivity index (χ0) is 15.4. The Balaban J connectivity index is 0.00000242. The second-order valence-electron chi connectivity index (χ2n) is 6.45. The van der Waals surface area contributed by atoms with Crippen LogP contribution < -0.4 is 5.32 Å². The lowest BCUT2D eigenvalue weighted by atomic mass is 10.1. The summed E-state index contributed by atoms with van der Waals surface area (Å²) < 4.78 is 0. The lowest BCUT2D eigenvalue weighted by Crippen LogP contribution is -2.50. The summed E-state index contributed by atoms with van der Waals surface area (Å²) >= 11 is 2.06. The van der Waals surface area contributed by atoms with Crippen molar-refractivity contribution < 1.29 is 4.79 Å². The van der Waals surface area contributed by atoms with Crippen molar-refractivity contribution in [2.24, 2.45) is 10.9 Å². The molecular weight excluding hydrogens is 411 g/mol. The van der Waals surface area contributed by atoms with E-state index in [2.05, 4.69) is 40.8 Å². The SMILES string of the molecule is CC(C)C1CN(C(=NCC(=O)N(C)C)NC2CC2)CCS1.I. The largest absolute Gasteiger partial charge is 0.353 e. The van der Waals surface area contributed by atoms with Gasteiger partial charge in [-0.15, -0.1) is 24.0 Å². The van der Waals surface area contributed by atoms with Crippen molar-refractivity contribution in [3.63, 3.8) is 0 Å². The molecule has 1 aliphatic carbocycles. The molecule has 1 heterocycles. The highest BCUT2D eigenvalue weighted by atomic mass is 127. The van der Waals surface area contributed by atoms with Gasteiger partial charge in [-0.05, 0) is 18.8 Å². The number of thioether (sulfide) groups is 1. The van der Waals surface area contributed by atoms with E-state index in [1.54, 1.807) is 19.0 Å². The predicted octanol–water partition coefficient (Wildman–Crippen LogP) is 1.87. The van der Waals surface area contributed by atoms with Gasteiger partial charge in [0.25, 0.3) is 0 Å². The van der Waals surface area contributed by atoms with E-state index in [0.29, 0.717) is 17.2 Å². The van der Waals surface area contributed by atoms with Gasteiger partial charge in [-0.3, -0.25) is 4.79 Å². The van der Waals surface area contributed by atoms with Gasteiger partial charge in [0.2, 0.25) is 5.91 Å². The molecule has 1 saturated carbocycles. The number of hydrogen-bond acceptors (Lipinski definition) is 3.